The first-order valence-corrected chi connectivity index (χ1v) is 14.2. The zero-order valence-electron chi connectivity index (χ0n) is 23.9. The van der Waals surface area contributed by atoms with Crippen LogP contribution in [0.15, 0.2) is 36.9 Å². The van der Waals surface area contributed by atoms with Crippen molar-refractivity contribution in [3.63, 3.8) is 0 Å². The van der Waals surface area contributed by atoms with Crippen molar-refractivity contribution in [3.05, 3.63) is 42.5 Å². The van der Waals surface area contributed by atoms with E-state index in [0.717, 1.165) is 50.4 Å². The highest BCUT2D eigenvalue weighted by molar-refractivity contribution is 5.61. The molecule has 2 saturated heterocycles. The monoisotopic (exact) mass is 562 g/mol. The SMILES string of the molecule is COc1cc(-n2cnc(Nc3nc(N4CCC[C@H]4CO)nc4cc(CN5CCCCC5)cn34)c2)cc(OC)c1OC. The number of nitrogens with zero attached hydrogens (tertiary/aromatic N) is 7. The van der Waals surface area contributed by atoms with Gasteiger partial charge in [0.1, 0.15) is 12.0 Å². The van der Waals surface area contributed by atoms with Crippen LogP contribution in [-0.2, 0) is 6.54 Å². The topological polar surface area (TPSA) is 114 Å². The van der Waals surface area contributed by atoms with E-state index in [9.17, 15) is 5.11 Å². The zero-order chi connectivity index (χ0) is 28.3. The van der Waals surface area contributed by atoms with Gasteiger partial charge < -0.3 is 34.1 Å². The predicted octanol–water partition coefficient (Wildman–Crippen LogP) is 3.63. The van der Waals surface area contributed by atoms with Gasteiger partial charge >= 0.3 is 0 Å². The fraction of sp³-hybridized carbons (Fsp3) is 0.483. The van der Waals surface area contributed by atoms with Crippen LogP contribution < -0.4 is 24.4 Å². The summed E-state index contributed by atoms with van der Waals surface area (Å²) in [4.78, 5) is 19.1. The number of piperidine rings is 1. The quantitative estimate of drug-likeness (QED) is 0.297. The van der Waals surface area contributed by atoms with Crippen molar-refractivity contribution in [3.8, 4) is 22.9 Å². The van der Waals surface area contributed by atoms with E-state index in [0.29, 0.717) is 35.0 Å². The maximum atomic E-state index is 9.96. The molecule has 2 aliphatic heterocycles. The van der Waals surface area contributed by atoms with E-state index < -0.39 is 0 Å². The Morgan fingerprint density at radius 2 is 1.71 bits per heavy atom. The molecule has 2 aliphatic rings. The lowest BCUT2D eigenvalue weighted by molar-refractivity contribution is 0.221. The largest absolute Gasteiger partial charge is 0.493 e. The maximum absolute atomic E-state index is 9.96. The summed E-state index contributed by atoms with van der Waals surface area (Å²) in [5.41, 5.74) is 2.82. The van der Waals surface area contributed by atoms with Crippen LogP contribution in [0.25, 0.3) is 11.3 Å². The molecule has 3 aromatic heterocycles. The molecule has 0 bridgehead atoms. The number of likely N-dealkylation sites (tertiary alicyclic amines) is 1. The minimum absolute atomic E-state index is 0.0207. The first kappa shape index (κ1) is 27.2. The fourth-order valence-corrected chi connectivity index (χ4v) is 5.86. The van der Waals surface area contributed by atoms with Crippen molar-refractivity contribution >= 4 is 23.4 Å². The van der Waals surface area contributed by atoms with Gasteiger partial charge in [0.15, 0.2) is 17.3 Å². The summed E-state index contributed by atoms with van der Waals surface area (Å²) in [5, 5.41) is 13.4. The minimum Gasteiger partial charge on any atom is -0.493 e. The third kappa shape index (κ3) is 5.49. The molecule has 0 aliphatic carbocycles. The number of ether oxygens (including phenoxy) is 3. The molecule has 1 atom stereocenters. The Kier molecular flexibility index (Phi) is 7.84. The Bertz CT molecular complexity index is 1470. The van der Waals surface area contributed by atoms with E-state index in [1.165, 1.54) is 24.8 Å². The zero-order valence-corrected chi connectivity index (χ0v) is 23.9. The lowest BCUT2D eigenvalue weighted by Gasteiger charge is -2.25. The second-order valence-corrected chi connectivity index (χ2v) is 10.6. The average Bonchev–Trinajstić information content (AvgIpc) is 3.76. The molecule has 12 heteroatoms. The molecule has 0 spiro atoms. The number of fused-ring (bicyclic) bond motifs is 1. The van der Waals surface area contributed by atoms with Gasteiger partial charge in [-0.3, -0.25) is 9.30 Å². The molecule has 1 aromatic carbocycles. The van der Waals surface area contributed by atoms with Crippen LogP contribution in [0, 0.1) is 0 Å². The number of methoxy groups -OCH3 is 3. The summed E-state index contributed by atoms with van der Waals surface area (Å²) in [6.07, 6.45) is 11.5. The van der Waals surface area contributed by atoms with Crippen LogP contribution in [0.2, 0.25) is 0 Å². The molecule has 218 valence electrons. The molecule has 0 saturated carbocycles. The third-order valence-electron chi connectivity index (χ3n) is 7.97. The highest BCUT2D eigenvalue weighted by atomic mass is 16.5. The van der Waals surface area contributed by atoms with E-state index in [1.54, 1.807) is 27.7 Å². The van der Waals surface area contributed by atoms with E-state index in [-0.39, 0.29) is 12.6 Å². The Hall–Kier alpha value is -4.03. The average molecular weight is 563 g/mol. The van der Waals surface area contributed by atoms with Gasteiger partial charge in [-0.1, -0.05) is 6.42 Å². The van der Waals surface area contributed by atoms with E-state index >= 15 is 0 Å². The van der Waals surface area contributed by atoms with Crippen molar-refractivity contribution in [2.75, 3.05) is 57.8 Å². The van der Waals surface area contributed by atoms with Crippen LogP contribution in [0.1, 0.15) is 37.7 Å². The van der Waals surface area contributed by atoms with Gasteiger partial charge in [-0.2, -0.15) is 9.97 Å². The molecule has 41 heavy (non-hydrogen) atoms. The maximum Gasteiger partial charge on any atom is 0.230 e. The van der Waals surface area contributed by atoms with Gasteiger partial charge in [-0.25, -0.2) is 4.98 Å². The second kappa shape index (κ2) is 11.8. The van der Waals surface area contributed by atoms with Gasteiger partial charge in [-0.15, -0.1) is 0 Å². The predicted molar refractivity (Wildman–Crippen MR) is 156 cm³/mol. The molecule has 2 fully saturated rings. The van der Waals surface area contributed by atoms with Crippen molar-refractivity contribution in [2.24, 2.45) is 0 Å². The fourth-order valence-electron chi connectivity index (χ4n) is 5.86. The number of aliphatic hydroxyl groups excluding tert-OH is 1. The van der Waals surface area contributed by atoms with Gasteiger partial charge in [0.05, 0.1) is 45.9 Å². The van der Waals surface area contributed by atoms with Crippen LogP contribution >= 0.6 is 0 Å². The Morgan fingerprint density at radius 1 is 0.927 bits per heavy atom. The Balaban J connectivity index is 1.34. The Morgan fingerprint density at radius 3 is 2.41 bits per heavy atom. The summed E-state index contributed by atoms with van der Waals surface area (Å²) in [6, 6.07) is 5.90. The molecular weight excluding hydrogens is 524 g/mol. The number of benzene rings is 1. The van der Waals surface area contributed by atoms with Crippen LogP contribution in [-0.4, -0.2) is 87.5 Å². The van der Waals surface area contributed by atoms with Gasteiger partial charge in [0.2, 0.25) is 17.6 Å². The smallest absolute Gasteiger partial charge is 0.230 e. The summed E-state index contributed by atoms with van der Waals surface area (Å²) in [5.74, 6) is 3.51. The molecule has 0 unspecified atom stereocenters. The number of imidazole rings is 1. The molecular formula is C29H38N8O4. The van der Waals surface area contributed by atoms with Gasteiger partial charge in [-0.05, 0) is 50.4 Å². The van der Waals surface area contributed by atoms with Crippen LogP contribution in [0.4, 0.5) is 17.7 Å². The lowest BCUT2D eigenvalue weighted by Crippen LogP contribution is -2.33. The van der Waals surface area contributed by atoms with Gasteiger partial charge in [0, 0.05) is 31.4 Å². The summed E-state index contributed by atoms with van der Waals surface area (Å²) in [7, 11) is 4.77. The van der Waals surface area contributed by atoms with Crippen LogP contribution in [0.3, 0.4) is 0 Å². The molecule has 12 nitrogen and oxygen atoms in total. The first-order chi connectivity index (χ1) is 20.1. The number of nitrogens with one attached hydrogen (secondary N) is 1. The van der Waals surface area contributed by atoms with Gasteiger partial charge in [0.25, 0.3) is 0 Å². The molecule has 2 N–H and O–H groups in total. The number of hydrogen-bond donors (Lipinski definition) is 2. The lowest BCUT2D eigenvalue weighted by atomic mass is 10.1. The molecule has 0 radical (unpaired) electrons. The van der Waals surface area contributed by atoms with Crippen LogP contribution in [0.5, 0.6) is 17.2 Å². The summed E-state index contributed by atoms with van der Waals surface area (Å²) in [6.45, 7) is 4.03. The number of aromatic nitrogens is 5. The Labute approximate surface area is 239 Å². The second-order valence-electron chi connectivity index (χ2n) is 10.6. The number of hydrogen-bond acceptors (Lipinski definition) is 10. The summed E-state index contributed by atoms with van der Waals surface area (Å²) >= 11 is 0. The van der Waals surface area contributed by atoms with E-state index in [4.69, 9.17) is 24.2 Å². The number of rotatable bonds is 10. The normalized spacial score (nSPS) is 17.8. The number of aliphatic hydroxyl groups is 1. The molecule has 0 amide bonds. The standard InChI is InChI=1S/C29H38N8O4/c1-39-23-13-22(14-24(40-2)27(23)41-3)35-17-25(30-19-35)31-28-33-29(36-11-7-8-21(36)18-38)32-26-12-20(16-37(26)28)15-34-9-5-4-6-10-34/h12-14,16-17,19,21,38H,4-11,15,18H2,1-3H3,(H,31,32,33)/t21-/m0/s1. The molecule has 5 heterocycles. The van der Waals surface area contributed by atoms with E-state index in [1.807, 2.05) is 27.3 Å². The highest BCUT2D eigenvalue weighted by Crippen LogP contribution is 2.39. The van der Waals surface area contributed by atoms with Crippen molar-refractivity contribution in [2.45, 2.75) is 44.7 Å². The van der Waals surface area contributed by atoms with E-state index in [2.05, 4.69) is 32.4 Å². The van der Waals surface area contributed by atoms with Crippen molar-refractivity contribution < 1.29 is 19.3 Å². The minimum atomic E-state index is 0.0207. The third-order valence-corrected chi connectivity index (χ3v) is 7.97. The number of anilines is 3. The summed E-state index contributed by atoms with van der Waals surface area (Å²) < 4.78 is 20.4. The van der Waals surface area contributed by atoms with Crippen molar-refractivity contribution in [1.82, 2.24) is 28.8 Å². The highest BCUT2D eigenvalue weighted by Gasteiger charge is 2.27. The molecule has 6 rings (SSSR count). The molecule has 4 aromatic rings. The van der Waals surface area contributed by atoms with Crippen molar-refractivity contribution in [1.29, 1.82) is 0 Å². The first-order valence-electron chi connectivity index (χ1n) is 14.2.